The van der Waals surface area contributed by atoms with Crippen molar-refractivity contribution in [2.45, 2.75) is 54.7 Å². The van der Waals surface area contributed by atoms with Gasteiger partial charge in [-0.3, -0.25) is 9.00 Å². The standard InChI is InChI=1S/C26H31ClFN3O6S3/c1-16(30-38(33)26(2,3)4)20-13-25(32)31(5)15-22(20)21-12-17(10-11-29-39(34)35)23(27)14-24(21)40(36,37)19-8-6-18(28)7-9-19/h6-9,12-16,29-30H,10-11H2,1-5H3,(H,34,35)/p-1/t16-,38-/m0/s1. The van der Waals surface area contributed by atoms with Gasteiger partial charge in [0, 0.05) is 59.3 Å². The van der Waals surface area contributed by atoms with E-state index in [9.17, 15) is 30.6 Å². The lowest BCUT2D eigenvalue weighted by molar-refractivity contribution is 0.523. The van der Waals surface area contributed by atoms with Gasteiger partial charge in [0.25, 0.3) is 5.56 Å². The molecule has 3 rings (SSSR count). The fraction of sp³-hybridized carbons (Fsp3) is 0.346. The number of rotatable bonds is 10. The number of nitrogens with one attached hydrogen (secondary N) is 2. The molecular formula is C26H30ClFN3O6S3-. The van der Waals surface area contributed by atoms with Crippen molar-refractivity contribution in [1.29, 1.82) is 0 Å². The summed E-state index contributed by atoms with van der Waals surface area (Å²) in [7, 11) is -4.26. The number of benzene rings is 2. The zero-order valence-corrected chi connectivity index (χ0v) is 25.7. The molecule has 0 saturated heterocycles. The van der Waals surface area contributed by atoms with Crippen molar-refractivity contribution in [3.8, 4) is 11.1 Å². The van der Waals surface area contributed by atoms with E-state index >= 15 is 0 Å². The summed E-state index contributed by atoms with van der Waals surface area (Å²) in [5, 5.41) is 0.0781. The Morgan fingerprint density at radius 1 is 1.10 bits per heavy atom. The van der Waals surface area contributed by atoms with E-state index in [4.69, 9.17) is 11.6 Å². The molecule has 40 heavy (non-hydrogen) atoms. The number of hydrogen-bond donors (Lipinski definition) is 2. The zero-order chi connectivity index (χ0) is 30.0. The normalized spacial score (nSPS) is 14.6. The summed E-state index contributed by atoms with van der Waals surface area (Å²) in [5.74, 6) is -0.608. The molecule has 0 aliphatic rings. The number of hydrogen-bond acceptors (Lipinski definition) is 6. The van der Waals surface area contributed by atoms with Gasteiger partial charge in [-0.1, -0.05) is 11.6 Å². The van der Waals surface area contributed by atoms with Crippen molar-refractivity contribution < 1.29 is 25.8 Å². The van der Waals surface area contributed by atoms with Crippen molar-refractivity contribution >= 4 is 43.7 Å². The number of aromatic nitrogens is 1. The van der Waals surface area contributed by atoms with Crippen LogP contribution in [0, 0.1) is 5.82 Å². The lowest BCUT2D eigenvalue weighted by Gasteiger charge is -2.25. The van der Waals surface area contributed by atoms with Crippen LogP contribution in [-0.4, -0.2) is 37.2 Å². The van der Waals surface area contributed by atoms with E-state index in [1.54, 1.807) is 27.7 Å². The van der Waals surface area contributed by atoms with Crippen LogP contribution in [0.15, 0.2) is 63.2 Å². The summed E-state index contributed by atoms with van der Waals surface area (Å²) in [6.07, 6.45) is 1.62. The number of pyridine rings is 1. The van der Waals surface area contributed by atoms with E-state index in [1.165, 1.54) is 36.0 Å². The minimum absolute atomic E-state index is 0.00197. The SMILES string of the molecule is C[C@H](N[S@@](=O)C(C)(C)C)c1cc(=O)n(C)cc1-c1cc(CCNS(=O)[O-])c(Cl)cc1S(=O)(=O)c1ccc(F)cc1. The predicted octanol–water partition coefficient (Wildman–Crippen LogP) is 3.72. The fourth-order valence-corrected chi connectivity index (χ4v) is 6.74. The first kappa shape index (κ1) is 32.3. The predicted molar refractivity (Wildman–Crippen MR) is 154 cm³/mol. The highest BCUT2D eigenvalue weighted by Crippen LogP contribution is 2.38. The van der Waals surface area contributed by atoms with Crippen molar-refractivity contribution in [3.05, 3.63) is 81.0 Å². The Balaban J connectivity index is 2.31. The zero-order valence-electron chi connectivity index (χ0n) is 22.5. The third kappa shape index (κ3) is 7.52. The average molecular weight is 631 g/mol. The molecule has 3 aromatic rings. The first-order valence-corrected chi connectivity index (χ1v) is 16.2. The third-order valence-corrected chi connectivity index (χ3v) is 10.3. The second-order valence-electron chi connectivity index (χ2n) is 10.1. The van der Waals surface area contributed by atoms with Crippen LogP contribution in [0.1, 0.15) is 44.9 Å². The fourth-order valence-electron chi connectivity index (χ4n) is 3.86. The molecule has 2 N–H and O–H groups in total. The minimum atomic E-state index is -4.25. The van der Waals surface area contributed by atoms with Gasteiger partial charge >= 0.3 is 0 Å². The largest absolute Gasteiger partial charge is 0.760 e. The molecule has 0 amide bonds. The van der Waals surface area contributed by atoms with Gasteiger partial charge in [0.15, 0.2) is 0 Å². The number of sulfone groups is 1. The molecule has 0 aliphatic carbocycles. The monoisotopic (exact) mass is 630 g/mol. The van der Waals surface area contributed by atoms with Crippen molar-refractivity contribution in [2.75, 3.05) is 6.54 Å². The third-order valence-electron chi connectivity index (χ3n) is 6.03. The second kappa shape index (κ2) is 12.7. The van der Waals surface area contributed by atoms with Gasteiger partial charge in [-0.25, -0.2) is 26.5 Å². The van der Waals surface area contributed by atoms with E-state index in [0.717, 1.165) is 24.3 Å². The van der Waals surface area contributed by atoms with Crippen molar-refractivity contribution in [2.24, 2.45) is 7.05 Å². The molecule has 0 saturated carbocycles. The van der Waals surface area contributed by atoms with Gasteiger partial charge in [0.2, 0.25) is 9.84 Å². The molecule has 0 radical (unpaired) electrons. The van der Waals surface area contributed by atoms with E-state index < -0.39 is 48.7 Å². The van der Waals surface area contributed by atoms with Crippen LogP contribution in [0.25, 0.3) is 11.1 Å². The number of nitrogens with zero attached hydrogens (tertiary/aromatic N) is 1. The summed E-state index contributed by atoms with van der Waals surface area (Å²) in [6, 6.07) is 7.84. The smallest absolute Gasteiger partial charge is 0.250 e. The first-order chi connectivity index (χ1) is 18.5. The molecule has 1 heterocycles. The Morgan fingerprint density at radius 3 is 2.30 bits per heavy atom. The molecule has 1 unspecified atom stereocenters. The summed E-state index contributed by atoms with van der Waals surface area (Å²) in [4.78, 5) is 12.3. The summed E-state index contributed by atoms with van der Waals surface area (Å²) in [5.41, 5.74) is 1.02. The van der Waals surface area contributed by atoms with Crippen LogP contribution >= 0.6 is 11.6 Å². The highest BCUT2D eigenvalue weighted by atomic mass is 35.5. The summed E-state index contributed by atoms with van der Waals surface area (Å²) in [6.45, 7) is 7.07. The maximum atomic E-state index is 13.8. The van der Waals surface area contributed by atoms with E-state index in [1.807, 2.05) is 0 Å². The van der Waals surface area contributed by atoms with E-state index in [-0.39, 0.29) is 38.9 Å². The Hall–Kier alpha value is -2.26. The van der Waals surface area contributed by atoms with Crippen LogP contribution in [0.3, 0.4) is 0 Å². The molecule has 0 spiro atoms. The summed E-state index contributed by atoms with van der Waals surface area (Å²) >= 11 is 3.98. The Kier molecular flexibility index (Phi) is 10.3. The first-order valence-electron chi connectivity index (χ1n) is 12.1. The highest BCUT2D eigenvalue weighted by Gasteiger charge is 2.28. The molecule has 1 aromatic heterocycles. The molecule has 0 fully saturated rings. The quantitative estimate of drug-likeness (QED) is 0.259. The molecule has 218 valence electrons. The van der Waals surface area contributed by atoms with Crippen LogP contribution in [0.4, 0.5) is 4.39 Å². The van der Waals surface area contributed by atoms with Crippen LogP contribution in [0.2, 0.25) is 5.02 Å². The molecule has 0 aliphatic heterocycles. The van der Waals surface area contributed by atoms with E-state index in [2.05, 4.69) is 9.44 Å². The van der Waals surface area contributed by atoms with E-state index in [0.29, 0.717) is 16.7 Å². The van der Waals surface area contributed by atoms with Gasteiger partial charge < -0.3 is 9.12 Å². The van der Waals surface area contributed by atoms with Crippen LogP contribution < -0.4 is 15.0 Å². The topological polar surface area (TPSA) is 137 Å². The lowest BCUT2D eigenvalue weighted by atomic mass is 9.95. The van der Waals surface area contributed by atoms with Gasteiger partial charge in [0.05, 0.1) is 25.5 Å². The highest BCUT2D eigenvalue weighted by molar-refractivity contribution is 7.91. The Morgan fingerprint density at radius 2 is 1.73 bits per heavy atom. The number of aryl methyl sites for hydroxylation is 1. The Labute approximate surface area is 243 Å². The van der Waals surface area contributed by atoms with Gasteiger partial charge in [-0.05, 0) is 81.6 Å². The molecule has 2 aromatic carbocycles. The maximum absolute atomic E-state index is 13.8. The summed E-state index contributed by atoms with van der Waals surface area (Å²) < 4.78 is 82.0. The van der Waals surface area contributed by atoms with Gasteiger partial charge in [-0.2, -0.15) is 0 Å². The average Bonchev–Trinajstić information content (AvgIpc) is 2.85. The molecular weight excluding hydrogens is 601 g/mol. The van der Waals surface area contributed by atoms with Crippen LogP contribution in [0.5, 0.6) is 0 Å². The van der Waals surface area contributed by atoms with Crippen LogP contribution in [-0.2, 0) is 45.6 Å². The van der Waals surface area contributed by atoms with Crippen molar-refractivity contribution in [1.82, 2.24) is 14.0 Å². The molecule has 9 nitrogen and oxygen atoms in total. The molecule has 0 bridgehead atoms. The minimum Gasteiger partial charge on any atom is -0.760 e. The number of halogens is 2. The Bertz CT molecular complexity index is 1620. The second-order valence-corrected chi connectivity index (χ2v) is 15.2. The van der Waals surface area contributed by atoms with Gasteiger partial charge in [0.1, 0.15) is 5.82 Å². The lowest BCUT2D eigenvalue weighted by Crippen LogP contribution is -2.35. The maximum Gasteiger partial charge on any atom is 0.250 e. The van der Waals surface area contributed by atoms with Gasteiger partial charge in [-0.15, -0.1) is 0 Å². The molecule has 14 heteroatoms. The molecule has 3 atom stereocenters. The van der Waals surface area contributed by atoms with Crippen molar-refractivity contribution in [3.63, 3.8) is 0 Å².